The van der Waals surface area contributed by atoms with Crippen LogP contribution in [0.15, 0.2) is 66.7 Å². The molecule has 0 fully saturated rings. The predicted molar refractivity (Wildman–Crippen MR) is 149 cm³/mol. The lowest BCUT2D eigenvalue weighted by molar-refractivity contribution is 0.387. The Labute approximate surface area is 215 Å². The van der Waals surface area contributed by atoms with Gasteiger partial charge in [0.1, 0.15) is 0 Å². The minimum atomic E-state index is -4.57. The number of rotatable bonds is 8. The molecule has 0 saturated heterocycles. The second-order valence-corrected chi connectivity index (χ2v) is 11.1. The van der Waals surface area contributed by atoms with Crippen LogP contribution in [0.25, 0.3) is 22.0 Å². The summed E-state index contributed by atoms with van der Waals surface area (Å²) < 4.78 is 12.7. The molecule has 0 saturated carbocycles. The van der Waals surface area contributed by atoms with Gasteiger partial charge in [0, 0.05) is 22.3 Å². The Bertz CT molecular complexity index is 1380. The van der Waals surface area contributed by atoms with Crippen molar-refractivity contribution in [3.05, 3.63) is 94.7 Å². The quantitative estimate of drug-likeness (QED) is 0.181. The van der Waals surface area contributed by atoms with Gasteiger partial charge in [0.2, 0.25) is 0 Å². The summed E-state index contributed by atoms with van der Waals surface area (Å²) in [6, 6.07) is 22.0. The molecule has 3 aromatic carbocycles. The van der Waals surface area contributed by atoms with E-state index < -0.39 is 7.60 Å². The number of pyridine rings is 1. The summed E-state index contributed by atoms with van der Waals surface area (Å²) in [6.07, 6.45) is 2.40. The molecule has 6 heteroatoms. The number of nitrogens with zero attached hydrogens (tertiary/aromatic N) is 1. The summed E-state index contributed by atoms with van der Waals surface area (Å²) in [5, 5.41) is 1.59. The van der Waals surface area contributed by atoms with Crippen molar-refractivity contribution in [2.24, 2.45) is 0 Å². The minimum Gasteiger partial charge on any atom is -0.321 e. The van der Waals surface area contributed by atoms with Crippen LogP contribution in [0.3, 0.4) is 0 Å². The Morgan fingerprint density at radius 3 is 2.11 bits per heavy atom. The van der Waals surface area contributed by atoms with E-state index in [0.717, 1.165) is 57.9 Å². The third kappa shape index (κ3) is 5.44. The van der Waals surface area contributed by atoms with Gasteiger partial charge in [0.15, 0.2) is 0 Å². The molecule has 0 aliphatic carbocycles. The summed E-state index contributed by atoms with van der Waals surface area (Å²) in [5.74, 6) is 0.114. The van der Waals surface area contributed by atoms with E-state index in [1.54, 1.807) is 6.07 Å². The van der Waals surface area contributed by atoms with Crippen LogP contribution < -0.4 is 5.30 Å². The van der Waals surface area contributed by atoms with Gasteiger partial charge < -0.3 is 9.79 Å². The largest absolute Gasteiger partial charge is 0.358 e. The van der Waals surface area contributed by atoms with Gasteiger partial charge in [0.25, 0.3) is 0 Å². The van der Waals surface area contributed by atoms with Crippen LogP contribution in [0.1, 0.15) is 54.6 Å². The number of halogens is 1. The Kier molecular flexibility index (Phi) is 7.92. The maximum absolute atomic E-state index is 12.7. The fraction of sp³-hybridized carbons (Fsp3) is 0.276. The lowest BCUT2D eigenvalue weighted by Gasteiger charge is -2.22. The van der Waals surface area contributed by atoms with E-state index in [1.165, 1.54) is 11.1 Å². The van der Waals surface area contributed by atoms with Gasteiger partial charge in [-0.25, -0.2) is 0 Å². The first-order valence-corrected chi connectivity index (χ1v) is 14.7. The summed E-state index contributed by atoms with van der Waals surface area (Å²) in [7, 11) is -4.57. The van der Waals surface area contributed by atoms with Crippen LogP contribution in [0.4, 0.5) is 0 Å². The third-order valence-corrected chi connectivity index (χ3v) is 8.25. The molecule has 1 aromatic heterocycles. The molecular formula is C29H31BrNO3P. The molecule has 1 unspecified atom stereocenters. The molecule has 4 aromatic rings. The van der Waals surface area contributed by atoms with Crippen molar-refractivity contribution < 1.29 is 14.4 Å². The van der Waals surface area contributed by atoms with Crippen molar-refractivity contribution in [1.82, 2.24) is 4.98 Å². The zero-order valence-corrected chi connectivity index (χ0v) is 22.8. The van der Waals surface area contributed by atoms with Crippen LogP contribution >= 0.6 is 23.5 Å². The highest BCUT2D eigenvalue weighted by Crippen LogP contribution is 2.40. The first kappa shape index (κ1) is 25.8. The molecule has 0 radical (unpaired) electrons. The second-order valence-electron chi connectivity index (χ2n) is 9.02. The van der Waals surface area contributed by atoms with E-state index in [4.69, 9.17) is 4.98 Å². The maximum atomic E-state index is 12.7. The molecule has 182 valence electrons. The standard InChI is InChI=1S/C29H31BrNO3P/c1-4-24-25(5-2)28(19(3)15-20-9-7-6-8-10-20)31-29-26(24)16-23(17-27(29)35(32,33)34)22-13-11-21(18-30)12-14-22/h6-14,16-17,19H,4-5,15,18H2,1-3H3,(H2,32,33,34). The van der Waals surface area contributed by atoms with Crippen molar-refractivity contribution in [3.8, 4) is 11.1 Å². The highest BCUT2D eigenvalue weighted by atomic mass is 79.9. The van der Waals surface area contributed by atoms with E-state index in [2.05, 4.69) is 48.8 Å². The Balaban J connectivity index is 1.96. The molecule has 1 heterocycles. The molecule has 0 bridgehead atoms. The maximum Gasteiger partial charge on any atom is 0.358 e. The summed E-state index contributed by atoms with van der Waals surface area (Å²) >= 11 is 3.47. The molecule has 0 aliphatic rings. The molecule has 0 aliphatic heterocycles. The molecule has 0 amide bonds. The lowest BCUT2D eigenvalue weighted by Crippen LogP contribution is -2.15. The van der Waals surface area contributed by atoms with Crippen LogP contribution in [0, 0.1) is 0 Å². The highest BCUT2D eigenvalue weighted by molar-refractivity contribution is 9.08. The van der Waals surface area contributed by atoms with Crippen molar-refractivity contribution in [3.63, 3.8) is 0 Å². The molecule has 2 N–H and O–H groups in total. The summed E-state index contributed by atoms with van der Waals surface area (Å²) in [5.41, 5.74) is 7.75. The fourth-order valence-corrected chi connectivity index (χ4v) is 6.04. The smallest absolute Gasteiger partial charge is 0.321 e. The fourth-order valence-electron chi connectivity index (χ4n) is 4.92. The predicted octanol–water partition coefficient (Wildman–Crippen LogP) is 7.07. The number of fused-ring (bicyclic) bond motifs is 1. The van der Waals surface area contributed by atoms with Gasteiger partial charge in [0.05, 0.1) is 10.8 Å². The topological polar surface area (TPSA) is 70.4 Å². The average Bonchev–Trinajstić information content (AvgIpc) is 2.86. The van der Waals surface area contributed by atoms with Gasteiger partial charge in [-0.05, 0) is 64.8 Å². The zero-order valence-electron chi connectivity index (χ0n) is 20.3. The lowest BCUT2D eigenvalue weighted by atomic mass is 9.88. The van der Waals surface area contributed by atoms with E-state index in [9.17, 15) is 14.4 Å². The Morgan fingerprint density at radius 2 is 1.54 bits per heavy atom. The number of aromatic nitrogens is 1. The molecule has 4 rings (SSSR count). The van der Waals surface area contributed by atoms with Crippen LogP contribution in [-0.2, 0) is 29.2 Å². The molecular weight excluding hydrogens is 521 g/mol. The number of hydrogen-bond donors (Lipinski definition) is 2. The van der Waals surface area contributed by atoms with Gasteiger partial charge >= 0.3 is 7.60 Å². The van der Waals surface area contributed by atoms with Gasteiger partial charge in [-0.3, -0.25) is 9.55 Å². The van der Waals surface area contributed by atoms with E-state index in [-0.39, 0.29) is 11.2 Å². The Hall–Kier alpha value is -2.30. The minimum absolute atomic E-state index is 0.0000761. The number of hydrogen-bond acceptors (Lipinski definition) is 2. The Morgan fingerprint density at radius 1 is 0.886 bits per heavy atom. The molecule has 4 nitrogen and oxygen atoms in total. The second kappa shape index (κ2) is 10.8. The molecule has 1 atom stereocenters. The monoisotopic (exact) mass is 551 g/mol. The molecule has 0 spiro atoms. The summed E-state index contributed by atoms with van der Waals surface area (Å²) in [6.45, 7) is 6.39. The first-order chi connectivity index (χ1) is 16.8. The number of aryl methyl sites for hydroxylation is 1. The normalized spacial score (nSPS) is 12.7. The SMILES string of the molecule is CCc1c(C(C)Cc2ccccc2)nc2c(P(=O)(O)O)cc(-c3ccc(CBr)cc3)cc2c1CC. The van der Waals surface area contributed by atoms with Crippen LogP contribution in [-0.4, -0.2) is 14.8 Å². The number of benzene rings is 3. The van der Waals surface area contributed by atoms with Crippen LogP contribution in [0.2, 0.25) is 0 Å². The van der Waals surface area contributed by atoms with Crippen molar-refractivity contribution in [2.45, 2.75) is 51.3 Å². The number of alkyl halides is 1. The third-order valence-electron chi connectivity index (χ3n) is 6.63. The highest BCUT2D eigenvalue weighted by Gasteiger charge is 2.27. The van der Waals surface area contributed by atoms with Gasteiger partial charge in [-0.1, -0.05) is 91.3 Å². The van der Waals surface area contributed by atoms with Crippen molar-refractivity contribution >= 4 is 39.7 Å². The van der Waals surface area contributed by atoms with Crippen LogP contribution in [0.5, 0.6) is 0 Å². The van der Waals surface area contributed by atoms with Crippen molar-refractivity contribution in [2.75, 3.05) is 0 Å². The molecule has 35 heavy (non-hydrogen) atoms. The van der Waals surface area contributed by atoms with E-state index in [0.29, 0.717) is 5.52 Å². The van der Waals surface area contributed by atoms with Crippen molar-refractivity contribution in [1.29, 1.82) is 0 Å². The van der Waals surface area contributed by atoms with E-state index in [1.807, 2.05) is 48.5 Å². The average molecular weight is 552 g/mol. The first-order valence-electron chi connectivity index (χ1n) is 12.0. The van der Waals surface area contributed by atoms with Gasteiger partial charge in [-0.15, -0.1) is 0 Å². The zero-order chi connectivity index (χ0) is 25.2. The van der Waals surface area contributed by atoms with Gasteiger partial charge in [-0.2, -0.15) is 0 Å². The van der Waals surface area contributed by atoms with E-state index >= 15 is 0 Å². The summed E-state index contributed by atoms with van der Waals surface area (Å²) in [4.78, 5) is 25.7.